The number of nitrogens with zero attached hydrogens (tertiary/aromatic N) is 1. The van der Waals surface area contributed by atoms with Crippen LogP contribution < -0.4 is 10.6 Å². The fourth-order valence-electron chi connectivity index (χ4n) is 2.46. The zero-order valence-electron chi connectivity index (χ0n) is 14.3. The second kappa shape index (κ2) is 7.41. The number of carbonyl (C=O) groups is 2. The van der Waals surface area contributed by atoms with Crippen LogP contribution in [0.25, 0.3) is 0 Å². The molecular weight excluding hydrogens is 352 g/mol. The summed E-state index contributed by atoms with van der Waals surface area (Å²) in [6.07, 6.45) is 0. The molecule has 132 valence electrons. The summed E-state index contributed by atoms with van der Waals surface area (Å²) in [7, 11) is 0. The van der Waals surface area contributed by atoms with Crippen LogP contribution in [0.1, 0.15) is 32.1 Å². The molecule has 26 heavy (non-hydrogen) atoms. The first kappa shape index (κ1) is 17.7. The molecule has 0 spiro atoms. The van der Waals surface area contributed by atoms with Crippen molar-refractivity contribution in [1.82, 2.24) is 10.2 Å². The van der Waals surface area contributed by atoms with Crippen molar-refractivity contribution >= 4 is 34.8 Å². The molecule has 7 heteroatoms. The summed E-state index contributed by atoms with van der Waals surface area (Å²) in [6.45, 7) is 3.65. The number of carbonyl (C=O) groups excluding carboxylic acids is 2. The summed E-state index contributed by atoms with van der Waals surface area (Å²) in [5, 5.41) is 13.0. The number of aromatic amines is 1. The quantitative estimate of drug-likeness (QED) is 0.645. The first-order valence-corrected chi connectivity index (χ1v) is 8.32. The molecule has 6 nitrogen and oxygen atoms in total. The molecule has 0 unspecified atom stereocenters. The third-order valence-electron chi connectivity index (χ3n) is 3.86. The number of hydrogen-bond donors (Lipinski definition) is 3. The maximum atomic E-state index is 12.4. The number of H-pyrrole nitrogens is 1. The molecule has 0 aliphatic heterocycles. The highest BCUT2D eigenvalue weighted by atomic mass is 35.5. The smallest absolute Gasteiger partial charge is 0.255 e. The Balaban J connectivity index is 1.68. The molecule has 0 fully saturated rings. The molecule has 0 saturated heterocycles. The Morgan fingerprint density at radius 1 is 0.962 bits per heavy atom. The lowest BCUT2D eigenvalue weighted by atomic mass is 10.1. The van der Waals surface area contributed by atoms with Crippen LogP contribution >= 0.6 is 11.6 Å². The lowest BCUT2D eigenvalue weighted by Crippen LogP contribution is -2.14. The van der Waals surface area contributed by atoms with E-state index in [0.717, 1.165) is 11.4 Å². The summed E-state index contributed by atoms with van der Waals surface area (Å²) in [5.41, 5.74) is 3.72. The Morgan fingerprint density at radius 3 is 2.27 bits per heavy atom. The van der Waals surface area contributed by atoms with Crippen LogP contribution in [0.15, 0.2) is 48.5 Å². The summed E-state index contributed by atoms with van der Waals surface area (Å²) < 4.78 is 0. The summed E-state index contributed by atoms with van der Waals surface area (Å²) in [6, 6.07) is 13.3. The second-order valence-corrected chi connectivity index (χ2v) is 6.24. The molecular formula is C19H17ClN4O2. The van der Waals surface area contributed by atoms with Crippen LogP contribution in [0.4, 0.5) is 11.4 Å². The van der Waals surface area contributed by atoms with Gasteiger partial charge in [0.1, 0.15) is 0 Å². The Morgan fingerprint density at radius 2 is 1.65 bits per heavy atom. The minimum Gasteiger partial charge on any atom is -0.322 e. The molecule has 3 aromatic rings. The van der Waals surface area contributed by atoms with Gasteiger partial charge >= 0.3 is 0 Å². The van der Waals surface area contributed by atoms with Gasteiger partial charge in [0.15, 0.2) is 0 Å². The number of amides is 2. The zero-order chi connectivity index (χ0) is 18.7. The Kier molecular flexibility index (Phi) is 5.04. The maximum absolute atomic E-state index is 12.4. The normalized spacial score (nSPS) is 10.4. The number of rotatable bonds is 4. The van der Waals surface area contributed by atoms with Gasteiger partial charge in [-0.05, 0) is 56.3 Å². The lowest BCUT2D eigenvalue weighted by Gasteiger charge is -2.08. The molecule has 3 N–H and O–H groups in total. The molecule has 0 saturated carbocycles. The van der Waals surface area contributed by atoms with Crippen molar-refractivity contribution in [2.24, 2.45) is 0 Å². The van der Waals surface area contributed by atoms with Gasteiger partial charge in [-0.15, -0.1) is 0 Å². The van der Waals surface area contributed by atoms with Gasteiger partial charge in [-0.3, -0.25) is 14.7 Å². The van der Waals surface area contributed by atoms with Gasteiger partial charge in [0.25, 0.3) is 11.8 Å². The van der Waals surface area contributed by atoms with Crippen LogP contribution in [0.3, 0.4) is 0 Å². The lowest BCUT2D eigenvalue weighted by molar-refractivity contribution is 0.102. The maximum Gasteiger partial charge on any atom is 0.255 e. The number of nitrogens with one attached hydrogen (secondary N) is 3. The highest BCUT2D eigenvalue weighted by molar-refractivity contribution is 6.31. The number of hydrogen-bond acceptors (Lipinski definition) is 3. The van der Waals surface area contributed by atoms with E-state index in [4.69, 9.17) is 11.6 Å². The fourth-order valence-corrected chi connectivity index (χ4v) is 2.65. The van der Waals surface area contributed by atoms with Crippen LogP contribution in [-0.2, 0) is 0 Å². The van der Waals surface area contributed by atoms with E-state index in [1.807, 2.05) is 13.8 Å². The van der Waals surface area contributed by atoms with Gasteiger partial charge in [-0.1, -0.05) is 17.7 Å². The van der Waals surface area contributed by atoms with Gasteiger partial charge in [-0.2, -0.15) is 5.10 Å². The zero-order valence-corrected chi connectivity index (χ0v) is 15.0. The topological polar surface area (TPSA) is 86.9 Å². The third kappa shape index (κ3) is 3.92. The van der Waals surface area contributed by atoms with E-state index in [-0.39, 0.29) is 11.8 Å². The van der Waals surface area contributed by atoms with E-state index >= 15 is 0 Å². The Hall–Kier alpha value is -3.12. The van der Waals surface area contributed by atoms with E-state index in [2.05, 4.69) is 20.8 Å². The molecule has 1 aromatic heterocycles. The van der Waals surface area contributed by atoms with Crippen LogP contribution in [0.5, 0.6) is 0 Å². The molecule has 0 aliphatic rings. The van der Waals surface area contributed by atoms with Crippen LogP contribution in [0, 0.1) is 13.8 Å². The van der Waals surface area contributed by atoms with Crippen molar-refractivity contribution in [2.75, 3.05) is 10.6 Å². The number of halogens is 1. The molecule has 0 radical (unpaired) electrons. The van der Waals surface area contributed by atoms with Gasteiger partial charge in [0.2, 0.25) is 0 Å². The second-order valence-electron chi connectivity index (χ2n) is 5.80. The summed E-state index contributed by atoms with van der Waals surface area (Å²) in [5.74, 6) is -0.514. The summed E-state index contributed by atoms with van der Waals surface area (Å²) >= 11 is 5.90. The average molecular weight is 369 g/mol. The van der Waals surface area contributed by atoms with Crippen molar-refractivity contribution in [2.45, 2.75) is 13.8 Å². The molecule has 3 rings (SSSR count). The highest BCUT2D eigenvalue weighted by Crippen LogP contribution is 2.18. The number of anilines is 2. The van der Waals surface area contributed by atoms with Gasteiger partial charge in [0.05, 0.1) is 17.1 Å². The summed E-state index contributed by atoms with van der Waals surface area (Å²) in [4.78, 5) is 24.6. The number of benzene rings is 2. The van der Waals surface area contributed by atoms with Crippen LogP contribution in [-0.4, -0.2) is 22.0 Å². The predicted octanol–water partition coefficient (Wildman–Crippen LogP) is 4.18. The van der Waals surface area contributed by atoms with Gasteiger partial charge in [0, 0.05) is 21.8 Å². The minimum atomic E-state index is -0.269. The fraction of sp³-hybridized carbons (Fsp3) is 0.105. The van der Waals surface area contributed by atoms with Crippen molar-refractivity contribution < 1.29 is 9.59 Å². The minimum absolute atomic E-state index is 0.245. The molecule has 0 aliphatic carbocycles. The SMILES string of the molecule is Cc1n[nH]c(C)c1NC(=O)c1ccc(NC(=O)c2cccc(Cl)c2)cc1. The molecule has 1 heterocycles. The average Bonchev–Trinajstić information content (AvgIpc) is 2.94. The standard InChI is InChI=1S/C19H17ClN4O2/c1-11-17(12(2)24-23-11)22-18(25)13-6-8-16(9-7-13)21-19(26)14-4-3-5-15(20)10-14/h3-10H,1-2H3,(H,21,26)(H,22,25)(H,23,24). The van der Waals surface area contributed by atoms with E-state index in [1.54, 1.807) is 48.5 Å². The van der Waals surface area contributed by atoms with Gasteiger partial charge in [-0.25, -0.2) is 0 Å². The molecule has 2 amide bonds. The van der Waals surface area contributed by atoms with Crippen LogP contribution in [0.2, 0.25) is 5.02 Å². The monoisotopic (exact) mass is 368 g/mol. The van der Waals surface area contributed by atoms with E-state index in [9.17, 15) is 9.59 Å². The van der Waals surface area contributed by atoms with Crippen molar-refractivity contribution in [3.63, 3.8) is 0 Å². The first-order chi connectivity index (χ1) is 12.4. The van der Waals surface area contributed by atoms with Crippen molar-refractivity contribution in [3.05, 3.63) is 76.1 Å². The van der Waals surface area contributed by atoms with Gasteiger partial charge < -0.3 is 10.6 Å². The predicted molar refractivity (Wildman–Crippen MR) is 102 cm³/mol. The third-order valence-corrected chi connectivity index (χ3v) is 4.09. The molecule has 0 atom stereocenters. The largest absolute Gasteiger partial charge is 0.322 e. The van der Waals surface area contributed by atoms with E-state index in [0.29, 0.717) is 27.5 Å². The van der Waals surface area contributed by atoms with Crippen molar-refractivity contribution in [3.8, 4) is 0 Å². The van der Waals surface area contributed by atoms with E-state index < -0.39 is 0 Å². The highest BCUT2D eigenvalue weighted by Gasteiger charge is 2.12. The van der Waals surface area contributed by atoms with E-state index in [1.165, 1.54) is 0 Å². The van der Waals surface area contributed by atoms with Crippen molar-refractivity contribution in [1.29, 1.82) is 0 Å². The molecule has 2 aromatic carbocycles. The number of aromatic nitrogens is 2. The first-order valence-electron chi connectivity index (χ1n) is 7.94. The number of aryl methyl sites for hydroxylation is 2. The molecule has 0 bridgehead atoms. The Bertz CT molecular complexity index is 944. The Labute approximate surface area is 155 Å².